The van der Waals surface area contributed by atoms with Gasteiger partial charge >= 0.3 is 0 Å². The minimum absolute atomic E-state index is 0.0593. The molecule has 0 aliphatic carbocycles. The normalized spacial score (nSPS) is 10.9. The highest BCUT2D eigenvalue weighted by molar-refractivity contribution is 9.11. The monoisotopic (exact) mass is 257 g/mol. The molecular formula is C9H8BrNOS. The highest BCUT2D eigenvalue weighted by Gasteiger charge is 2.09. The van der Waals surface area contributed by atoms with Crippen molar-refractivity contribution in [1.82, 2.24) is 0 Å². The van der Waals surface area contributed by atoms with Crippen LogP contribution in [0.25, 0.3) is 10.1 Å². The van der Waals surface area contributed by atoms with Crippen LogP contribution in [0, 0.1) is 0 Å². The second-order valence-electron chi connectivity index (χ2n) is 2.74. The van der Waals surface area contributed by atoms with Gasteiger partial charge in [-0.3, -0.25) is 0 Å². The molecule has 1 aromatic carbocycles. The van der Waals surface area contributed by atoms with Gasteiger partial charge in [0.2, 0.25) is 0 Å². The standard InChI is InChI=1S/C9H8BrNOS/c10-9-7(11)6-3-1-2-5(4-12)8(6)13-9/h1-3,12H,4,11H2. The number of nitrogen functional groups attached to an aromatic ring is 1. The fourth-order valence-electron chi connectivity index (χ4n) is 1.29. The molecule has 0 aliphatic heterocycles. The Hall–Kier alpha value is -0.580. The summed E-state index contributed by atoms with van der Waals surface area (Å²) in [6, 6.07) is 5.78. The summed E-state index contributed by atoms with van der Waals surface area (Å²) in [6.07, 6.45) is 0. The third kappa shape index (κ3) is 1.35. The van der Waals surface area contributed by atoms with Gasteiger partial charge in [0, 0.05) is 10.1 Å². The summed E-state index contributed by atoms with van der Waals surface area (Å²) >= 11 is 4.95. The Balaban J connectivity index is 2.84. The lowest BCUT2D eigenvalue weighted by atomic mass is 10.1. The molecule has 2 aromatic rings. The van der Waals surface area contributed by atoms with E-state index in [2.05, 4.69) is 15.9 Å². The molecule has 0 spiro atoms. The summed E-state index contributed by atoms with van der Waals surface area (Å²) < 4.78 is 2.00. The van der Waals surface area contributed by atoms with Gasteiger partial charge in [-0.15, -0.1) is 11.3 Å². The van der Waals surface area contributed by atoms with Gasteiger partial charge in [0.15, 0.2) is 0 Å². The lowest BCUT2D eigenvalue weighted by Gasteiger charge is -1.97. The number of halogens is 1. The van der Waals surface area contributed by atoms with Crippen LogP contribution in [-0.4, -0.2) is 5.11 Å². The van der Waals surface area contributed by atoms with E-state index in [9.17, 15) is 0 Å². The Morgan fingerprint density at radius 1 is 1.46 bits per heavy atom. The third-order valence-corrected chi connectivity index (χ3v) is 3.96. The summed E-state index contributed by atoms with van der Waals surface area (Å²) in [5.41, 5.74) is 7.53. The van der Waals surface area contributed by atoms with Crippen LogP contribution < -0.4 is 5.73 Å². The van der Waals surface area contributed by atoms with Crippen LogP contribution in [0.5, 0.6) is 0 Å². The van der Waals surface area contributed by atoms with E-state index in [-0.39, 0.29) is 6.61 Å². The summed E-state index contributed by atoms with van der Waals surface area (Å²) in [5, 5.41) is 10.1. The highest BCUT2D eigenvalue weighted by atomic mass is 79.9. The maximum absolute atomic E-state index is 9.09. The van der Waals surface area contributed by atoms with Crippen LogP contribution >= 0.6 is 27.3 Å². The van der Waals surface area contributed by atoms with E-state index in [1.807, 2.05) is 18.2 Å². The Bertz CT molecular complexity index is 452. The molecule has 2 nitrogen and oxygen atoms in total. The smallest absolute Gasteiger partial charge is 0.0940 e. The molecule has 0 amide bonds. The molecule has 0 bridgehead atoms. The molecule has 68 valence electrons. The van der Waals surface area contributed by atoms with E-state index in [0.717, 1.165) is 25.1 Å². The predicted molar refractivity (Wildman–Crippen MR) is 59.9 cm³/mol. The first-order valence-corrected chi connectivity index (χ1v) is 5.41. The quantitative estimate of drug-likeness (QED) is 0.826. The fourth-order valence-corrected chi connectivity index (χ4v) is 2.94. The predicted octanol–water partition coefficient (Wildman–Crippen LogP) is 2.74. The van der Waals surface area contributed by atoms with Gasteiger partial charge in [-0.2, -0.15) is 0 Å². The molecule has 0 unspecified atom stereocenters. The Labute approximate surface area is 88.1 Å². The number of benzene rings is 1. The van der Waals surface area contributed by atoms with Gasteiger partial charge in [-0.1, -0.05) is 18.2 Å². The van der Waals surface area contributed by atoms with Crippen molar-refractivity contribution in [3.63, 3.8) is 0 Å². The number of hydrogen-bond donors (Lipinski definition) is 2. The number of rotatable bonds is 1. The summed E-state index contributed by atoms with van der Waals surface area (Å²) in [5.74, 6) is 0. The van der Waals surface area contributed by atoms with E-state index in [1.54, 1.807) is 11.3 Å². The van der Waals surface area contributed by atoms with Crippen LogP contribution in [0.2, 0.25) is 0 Å². The minimum Gasteiger partial charge on any atom is -0.397 e. The maximum atomic E-state index is 9.09. The number of aliphatic hydroxyl groups is 1. The SMILES string of the molecule is Nc1c(Br)sc2c(CO)cccc12. The number of anilines is 1. The van der Waals surface area contributed by atoms with Crippen molar-refractivity contribution in [2.45, 2.75) is 6.61 Å². The first-order chi connectivity index (χ1) is 6.24. The van der Waals surface area contributed by atoms with Gasteiger partial charge < -0.3 is 10.8 Å². The Kier molecular flexibility index (Phi) is 2.27. The summed E-state index contributed by atoms with van der Waals surface area (Å²) in [4.78, 5) is 0. The van der Waals surface area contributed by atoms with Crippen molar-refractivity contribution >= 4 is 43.0 Å². The molecule has 2 rings (SSSR count). The number of thiophene rings is 1. The van der Waals surface area contributed by atoms with Crippen molar-refractivity contribution in [2.24, 2.45) is 0 Å². The zero-order chi connectivity index (χ0) is 9.42. The summed E-state index contributed by atoms with van der Waals surface area (Å²) in [7, 11) is 0. The average Bonchev–Trinajstić information content (AvgIpc) is 2.43. The van der Waals surface area contributed by atoms with Gasteiger partial charge in [0.25, 0.3) is 0 Å². The molecule has 1 aromatic heterocycles. The van der Waals surface area contributed by atoms with Gasteiger partial charge in [0.05, 0.1) is 16.1 Å². The average molecular weight is 258 g/mol. The van der Waals surface area contributed by atoms with Crippen molar-refractivity contribution < 1.29 is 5.11 Å². The molecule has 0 atom stereocenters. The first kappa shape index (κ1) is 8.99. The van der Waals surface area contributed by atoms with Crippen LogP contribution in [0.3, 0.4) is 0 Å². The molecule has 4 heteroatoms. The van der Waals surface area contributed by atoms with Crippen LogP contribution in [0.15, 0.2) is 22.0 Å². The fraction of sp³-hybridized carbons (Fsp3) is 0.111. The molecular weight excluding hydrogens is 250 g/mol. The lowest BCUT2D eigenvalue weighted by Crippen LogP contribution is -1.84. The van der Waals surface area contributed by atoms with E-state index < -0.39 is 0 Å². The molecule has 0 saturated carbocycles. The molecule has 3 N–H and O–H groups in total. The lowest BCUT2D eigenvalue weighted by molar-refractivity contribution is 0.283. The largest absolute Gasteiger partial charge is 0.397 e. The molecule has 0 radical (unpaired) electrons. The van der Waals surface area contributed by atoms with E-state index in [4.69, 9.17) is 10.8 Å². The molecule has 0 aliphatic rings. The number of nitrogens with two attached hydrogens (primary N) is 1. The van der Waals surface area contributed by atoms with E-state index >= 15 is 0 Å². The van der Waals surface area contributed by atoms with Crippen molar-refractivity contribution in [3.8, 4) is 0 Å². The zero-order valence-corrected chi connectivity index (χ0v) is 9.15. The van der Waals surface area contributed by atoms with E-state index in [0.29, 0.717) is 0 Å². The topological polar surface area (TPSA) is 46.2 Å². The first-order valence-electron chi connectivity index (χ1n) is 3.80. The zero-order valence-electron chi connectivity index (χ0n) is 6.75. The third-order valence-electron chi connectivity index (χ3n) is 1.96. The second-order valence-corrected chi connectivity index (χ2v) is 5.08. The van der Waals surface area contributed by atoms with Gasteiger partial charge in [0.1, 0.15) is 0 Å². The minimum atomic E-state index is 0.0593. The Morgan fingerprint density at radius 3 is 2.92 bits per heavy atom. The molecule has 0 fully saturated rings. The maximum Gasteiger partial charge on any atom is 0.0940 e. The summed E-state index contributed by atoms with van der Waals surface area (Å²) in [6.45, 7) is 0.0593. The molecule has 0 saturated heterocycles. The van der Waals surface area contributed by atoms with Crippen molar-refractivity contribution in [1.29, 1.82) is 0 Å². The molecule has 1 heterocycles. The molecule has 13 heavy (non-hydrogen) atoms. The van der Waals surface area contributed by atoms with Crippen LogP contribution in [0.4, 0.5) is 5.69 Å². The van der Waals surface area contributed by atoms with E-state index in [1.165, 1.54) is 0 Å². The Morgan fingerprint density at radius 2 is 2.23 bits per heavy atom. The van der Waals surface area contributed by atoms with Crippen molar-refractivity contribution in [2.75, 3.05) is 5.73 Å². The number of fused-ring (bicyclic) bond motifs is 1. The number of aliphatic hydroxyl groups excluding tert-OH is 1. The van der Waals surface area contributed by atoms with Gasteiger partial charge in [-0.25, -0.2) is 0 Å². The number of hydrogen-bond acceptors (Lipinski definition) is 3. The van der Waals surface area contributed by atoms with Crippen molar-refractivity contribution in [3.05, 3.63) is 27.5 Å². The van der Waals surface area contributed by atoms with Crippen LogP contribution in [-0.2, 0) is 6.61 Å². The highest BCUT2D eigenvalue weighted by Crippen LogP contribution is 2.39. The van der Waals surface area contributed by atoms with Crippen LogP contribution in [0.1, 0.15) is 5.56 Å². The van der Waals surface area contributed by atoms with Gasteiger partial charge in [-0.05, 0) is 21.5 Å². The second kappa shape index (κ2) is 3.29.